The number of aryl methyl sites for hydroxylation is 1. The number of benzene rings is 1. The maximum absolute atomic E-state index is 14.2. The Bertz CT molecular complexity index is 983. The SMILES string of the molecule is C=C(C)N1CCC(N)=C(C(=N)N2CCCCc3cc(C4C=NN(C)C4)c(C(F)F)cc32)C1. The summed E-state index contributed by atoms with van der Waals surface area (Å²) < 4.78 is 28.3. The van der Waals surface area contributed by atoms with Gasteiger partial charge < -0.3 is 15.5 Å². The van der Waals surface area contributed by atoms with Gasteiger partial charge in [0.25, 0.3) is 6.43 Å². The molecule has 1 aromatic rings. The molecule has 172 valence electrons. The number of hydrogen-bond donors (Lipinski definition) is 2. The summed E-state index contributed by atoms with van der Waals surface area (Å²) in [6.07, 6.45) is 2.48. The minimum absolute atomic E-state index is 0.0318. The molecule has 0 radical (unpaired) electrons. The Labute approximate surface area is 188 Å². The lowest BCUT2D eigenvalue weighted by Crippen LogP contribution is -2.41. The molecule has 0 bridgehead atoms. The summed E-state index contributed by atoms with van der Waals surface area (Å²) in [5.74, 6) is 0.165. The van der Waals surface area contributed by atoms with E-state index in [0.29, 0.717) is 48.8 Å². The average molecular weight is 443 g/mol. The molecule has 1 atom stereocenters. The number of hydrazone groups is 1. The van der Waals surface area contributed by atoms with Crippen molar-refractivity contribution >= 4 is 17.7 Å². The van der Waals surface area contributed by atoms with Crippen LogP contribution in [-0.4, -0.2) is 55.2 Å². The van der Waals surface area contributed by atoms with Crippen LogP contribution in [0.1, 0.15) is 55.2 Å². The van der Waals surface area contributed by atoms with Crippen LogP contribution >= 0.6 is 0 Å². The van der Waals surface area contributed by atoms with Crippen molar-refractivity contribution in [2.75, 3.05) is 38.1 Å². The quantitative estimate of drug-likeness (QED) is 0.541. The van der Waals surface area contributed by atoms with Gasteiger partial charge in [0.15, 0.2) is 0 Å². The number of nitrogens with two attached hydrogens (primary N) is 1. The number of halogens is 2. The molecule has 3 aliphatic heterocycles. The smallest absolute Gasteiger partial charge is 0.264 e. The Morgan fingerprint density at radius 3 is 2.69 bits per heavy atom. The molecular formula is C24H32F2N6. The van der Waals surface area contributed by atoms with Crippen LogP contribution in [-0.2, 0) is 6.42 Å². The number of rotatable bonds is 4. The van der Waals surface area contributed by atoms with Crippen molar-refractivity contribution in [3.63, 3.8) is 0 Å². The molecule has 0 fully saturated rings. The van der Waals surface area contributed by atoms with E-state index >= 15 is 0 Å². The third-order valence-corrected chi connectivity index (χ3v) is 6.68. The lowest BCUT2D eigenvalue weighted by atomic mass is 9.91. The zero-order chi connectivity index (χ0) is 23.0. The van der Waals surface area contributed by atoms with Crippen molar-refractivity contribution in [2.24, 2.45) is 10.8 Å². The number of alkyl halides is 2. The molecule has 3 heterocycles. The number of nitrogens with one attached hydrogen (secondary N) is 1. The predicted molar refractivity (Wildman–Crippen MR) is 125 cm³/mol. The minimum atomic E-state index is -2.59. The molecule has 32 heavy (non-hydrogen) atoms. The standard InChI is InChI=1S/C24H32F2N6/c1-15(2)31-9-7-21(27)20(14-31)24(28)32-8-5-4-6-16-10-18(17-12-29-30(3)13-17)19(23(25)26)11-22(16)32/h10-12,17,23,28H,1,4-9,13-14,27H2,2-3H3. The second-order valence-electron chi connectivity index (χ2n) is 8.99. The molecular weight excluding hydrogens is 410 g/mol. The van der Waals surface area contributed by atoms with Gasteiger partial charge in [0.2, 0.25) is 0 Å². The number of likely N-dealkylation sites (N-methyl/N-ethyl adjacent to an activating group) is 1. The summed E-state index contributed by atoms with van der Waals surface area (Å²) in [4.78, 5) is 4.00. The van der Waals surface area contributed by atoms with Crippen LogP contribution in [0.4, 0.5) is 14.5 Å². The van der Waals surface area contributed by atoms with Gasteiger partial charge in [0.05, 0.1) is 0 Å². The first-order chi connectivity index (χ1) is 15.3. The third-order valence-electron chi connectivity index (χ3n) is 6.68. The van der Waals surface area contributed by atoms with Gasteiger partial charge >= 0.3 is 0 Å². The number of fused-ring (bicyclic) bond motifs is 1. The van der Waals surface area contributed by atoms with Gasteiger partial charge in [-0.15, -0.1) is 0 Å². The van der Waals surface area contributed by atoms with Gasteiger partial charge in [-0.2, -0.15) is 5.10 Å². The molecule has 1 unspecified atom stereocenters. The Morgan fingerprint density at radius 1 is 1.25 bits per heavy atom. The molecule has 0 amide bonds. The summed E-state index contributed by atoms with van der Waals surface area (Å²) in [7, 11) is 1.85. The molecule has 1 aromatic carbocycles. The fourth-order valence-electron chi connectivity index (χ4n) is 4.81. The highest BCUT2D eigenvalue weighted by Crippen LogP contribution is 2.38. The van der Waals surface area contributed by atoms with Crippen LogP contribution in [0, 0.1) is 5.41 Å². The number of hydrogen-bond acceptors (Lipinski definition) is 5. The van der Waals surface area contributed by atoms with Gasteiger partial charge in [-0.1, -0.05) is 12.6 Å². The maximum atomic E-state index is 14.2. The molecule has 0 saturated heterocycles. The van der Waals surface area contributed by atoms with Gasteiger partial charge in [-0.05, 0) is 43.4 Å². The van der Waals surface area contributed by atoms with Gasteiger partial charge in [0.1, 0.15) is 5.84 Å². The van der Waals surface area contributed by atoms with Gasteiger partial charge in [0, 0.05) is 80.0 Å². The molecule has 6 nitrogen and oxygen atoms in total. The normalized spacial score (nSPS) is 21.3. The van der Waals surface area contributed by atoms with Crippen molar-refractivity contribution in [1.82, 2.24) is 9.91 Å². The summed E-state index contributed by atoms with van der Waals surface area (Å²) in [5.41, 5.74) is 11.1. The Balaban J connectivity index is 1.74. The van der Waals surface area contributed by atoms with Crippen molar-refractivity contribution in [3.8, 4) is 0 Å². The zero-order valence-electron chi connectivity index (χ0n) is 18.9. The topological polar surface area (TPSA) is 72.0 Å². The summed E-state index contributed by atoms with van der Waals surface area (Å²) in [5, 5.41) is 15.0. The van der Waals surface area contributed by atoms with E-state index in [4.69, 9.17) is 11.1 Å². The number of anilines is 1. The van der Waals surface area contributed by atoms with E-state index in [0.717, 1.165) is 42.6 Å². The maximum Gasteiger partial charge on any atom is 0.264 e. The van der Waals surface area contributed by atoms with Crippen LogP contribution in [0.15, 0.2) is 40.8 Å². The molecule has 8 heteroatoms. The van der Waals surface area contributed by atoms with Crippen LogP contribution < -0.4 is 10.6 Å². The highest BCUT2D eigenvalue weighted by molar-refractivity contribution is 6.09. The van der Waals surface area contributed by atoms with Crippen LogP contribution in [0.5, 0.6) is 0 Å². The Kier molecular flexibility index (Phi) is 6.22. The molecule has 0 aliphatic carbocycles. The van der Waals surface area contributed by atoms with E-state index in [1.807, 2.05) is 24.9 Å². The van der Waals surface area contributed by atoms with Gasteiger partial charge in [-0.3, -0.25) is 10.4 Å². The molecule has 3 aliphatic rings. The highest BCUT2D eigenvalue weighted by atomic mass is 19.3. The van der Waals surface area contributed by atoms with Crippen molar-refractivity contribution in [3.05, 3.63) is 52.4 Å². The van der Waals surface area contributed by atoms with Crippen molar-refractivity contribution in [2.45, 2.75) is 45.0 Å². The van der Waals surface area contributed by atoms with Crippen LogP contribution in [0.25, 0.3) is 0 Å². The minimum Gasteiger partial charge on any atom is -0.402 e. The summed E-state index contributed by atoms with van der Waals surface area (Å²) >= 11 is 0. The van der Waals surface area contributed by atoms with E-state index in [-0.39, 0.29) is 11.5 Å². The fourth-order valence-corrected chi connectivity index (χ4v) is 4.81. The number of amidine groups is 1. The zero-order valence-corrected chi connectivity index (χ0v) is 18.9. The first-order valence-electron chi connectivity index (χ1n) is 11.2. The predicted octanol–water partition coefficient (Wildman–Crippen LogP) is 4.21. The Morgan fingerprint density at radius 2 is 2.03 bits per heavy atom. The molecule has 0 saturated carbocycles. The third kappa shape index (κ3) is 4.23. The van der Waals surface area contributed by atoms with Crippen LogP contribution in [0.2, 0.25) is 0 Å². The van der Waals surface area contributed by atoms with E-state index in [9.17, 15) is 8.78 Å². The van der Waals surface area contributed by atoms with Crippen LogP contribution in [0.3, 0.4) is 0 Å². The van der Waals surface area contributed by atoms with Crippen molar-refractivity contribution in [1.29, 1.82) is 5.41 Å². The Hall–Kier alpha value is -2.90. The molecule has 3 N–H and O–H groups in total. The second-order valence-corrected chi connectivity index (χ2v) is 8.99. The molecule has 4 rings (SSSR count). The van der Waals surface area contributed by atoms with E-state index in [1.54, 1.807) is 17.3 Å². The first-order valence-corrected chi connectivity index (χ1v) is 11.2. The number of nitrogens with zero attached hydrogens (tertiary/aromatic N) is 4. The van der Waals surface area contributed by atoms with E-state index in [1.165, 1.54) is 0 Å². The fraction of sp³-hybridized carbons (Fsp3) is 0.500. The van der Waals surface area contributed by atoms with Gasteiger partial charge in [-0.25, -0.2) is 8.78 Å². The van der Waals surface area contributed by atoms with E-state index in [2.05, 4.69) is 16.6 Å². The summed E-state index contributed by atoms with van der Waals surface area (Å²) in [6, 6.07) is 3.54. The second kappa shape index (κ2) is 8.92. The average Bonchev–Trinajstić information content (AvgIpc) is 3.08. The monoisotopic (exact) mass is 442 g/mol. The van der Waals surface area contributed by atoms with E-state index < -0.39 is 6.43 Å². The summed E-state index contributed by atoms with van der Waals surface area (Å²) in [6.45, 7) is 8.49. The largest absolute Gasteiger partial charge is 0.402 e. The lowest BCUT2D eigenvalue weighted by molar-refractivity contribution is 0.150. The van der Waals surface area contributed by atoms with Crippen molar-refractivity contribution < 1.29 is 8.78 Å². The molecule has 0 aromatic heterocycles. The molecule has 0 spiro atoms. The lowest BCUT2D eigenvalue weighted by Gasteiger charge is -2.35. The number of allylic oxidation sites excluding steroid dienone is 1. The first kappa shape index (κ1) is 22.3. The highest BCUT2D eigenvalue weighted by Gasteiger charge is 2.30.